The van der Waals surface area contributed by atoms with Gasteiger partial charge in [-0.3, -0.25) is 0 Å². The number of rotatable bonds is 4. The molecule has 0 radical (unpaired) electrons. The Balaban J connectivity index is 1.61. The minimum absolute atomic E-state index is 0.606. The minimum Gasteiger partial charge on any atom is -0.240 e. The molecule has 0 aliphatic heterocycles. The van der Waals surface area contributed by atoms with E-state index in [1.54, 1.807) is 22.7 Å². The van der Waals surface area contributed by atoms with Gasteiger partial charge in [-0.25, -0.2) is 9.67 Å². The van der Waals surface area contributed by atoms with Crippen molar-refractivity contribution in [2.24, 2.45) is 0 Å². The molecule has 0 N–H and O–H groups in total. The Hall–Kier alpha value is -3.01. The van der Waals surface area contributed by atoms with Gasteiger partial charge in [0.25, 0.3) is 0 Å². The summed E-state index contributed by atoms with van der Waals surface area (Å²) in [6.07, 6.45) is 8.44. The highest BCUT2D eigenvalue weighted by Gasteiger charge is 2.19. The standard InChI is InChI=1S/C23H18N4S2/c24-14-16(23-25-19-9-4-5-10-20(19)29-23)13-17-15-27(18-7-2-1-3-8-18)26-22(17)21-11-6-12-28-21/h1-3,6-8,11-13,15H,4-5,9-10H2/b16-13+. The lowest BCUT2D eigenvalue weighted by Gasteiger charge is -2.06. The zero-order valence-electron chi connectivity index (χ0n) is 15.7. The van der Waals surface area contributed by atoms with Crippen LogP contribution in [0.2, 0.25) is 0 Å². The summed E-state index contributed by atoms with van der Waals surface area (Å²) in [5, 5.41) is 17.6. The first-order chi connectivity index (χ1) is 14.3. The third kappa shape index (κ3) is 3.55. The monoisotopic (exact) mass is 414 g/mol. The number of thiazole rings is 1. The molecule has 3 heterocycles. The number of aromatic nitrogens is 3. The maximum absolute atomic E-state index is 9.87. The van der Waals surface area contributed by atoms with E-state index in [4.69, 9.17) is 10.1 Å². The van der Waals surface area contributed by atoms with E-state index in [1.165, 1.54) is 23.4 Å². The van der Waals surface area contributed by atoms with Gasteiger partial charge < -0.3 is 0 Å². The number of allylic oxidation sites excluding steroid dienone is 1. The number of fused-ring (bicyclic) bond motifs is 1. The van der Waals surface area contributed by atoms with Crippen LogP contribution < -0.4 is 0 Å². The van der Waals surface area contributed by atoms with Crippen molar-refractivity contribution in [2.75, 3.05) is 0 Å². The summed E-state index contributed by atoms with van der Waals surface area (Å²) >= 11 is 3.32. The van der Waals surface area contributed by atoms with Crippen LogP contribution in [0.4, 0.5) is 0 Å². The summed E-state index contributed by atoms with van der Waals surface area (Å²) < 4.78 is 1.88. The Morgan fingerprint density at radius 1 is 1.10 bits per heavy atom. The first kappa shape index (κ1) is 18.0. The summed E-state index contributed by atoms with van der Waals surface area (Å²) in [6, 6.07) is 16.5. The van der Waals surface area contributed by atoms with Crippen molar-refractivity contribution in [1.82, 2.24) is 14.8 Å². The van der Waals surface area contributed by atoms with Gasteiger partial charge in [0.1, 0.15) is 16.8 Å². The molecule has 0 fully saturated rings. The molecule has 1 aliphatic carbocycles. The van der Waals surface area contributed by atoms with Gasteiger partial charge in [0.15, 0.2) is 0 Å². The summed E-state index contributed by atoms with van der Waals surface area (Å²) in [5.41, 5.74) is 4.60. The zero-order chi connectivity index (χ0) is 19.6. The molecule has 3 aromatic heterocycles. The van der Waals surface area contributed by atoms with Crippen LogP contribution in [0.1, 0.15) is 34.0 Å². The molecule has 5 rings (SSSR count). The van der Waals surface area contributed by atoms with Gasteiger partial charge in [0, 0.05) is 16.6 Å². The number of nitriles is 1. The number of hydrogen-bond donors (Lipinski definition) is 0. The van der Waals surface area contributed by atoms with Gasteiger partial charge in [-0.05, 0) is 55.3 Å². The first-order valence-electron chi connectivity index (χ1n) is 9.61. The van der Waals surface area contributed by atoms with Gasteiger partial charge in [-0.1, -0.05) is 24.3 Å². The lowest BCUT2D eigenvalue weighted by molar-refractivity contribution is 0.682. The van der Waals surface area contributed by atoms with E-state index in [2.05, 4.69) is 12.1 Å². The van der Waals surface area contributed by atoms with Crippen molar-refractivity contribution in [3.8, 4) is 22.3 Å². The number of hydrogen-bond acceptors (Lipinski definition) is 5. The van der Waals surface area contributed by atoms with Crippen molar-refractivity contribution in [1.29, 1.82) is 5.26 Å². The second kappa shape index (κ2) is 7.78. The Kier molecular flexibility index (Phi) is 4.84. The maximum Gasteiger partial charge on any atom is 0.134 e. The molecule has 142 valence electrons. The van der Waals surface area contributed by atoms with Crippen molar-refractivity contribution >= 4 is 34.3 Å². The lowest BCUT2D eigenvalue weighted by atomic mass is 10.0. The summed E-state index contributed by atoms with van der Waals surface area (Å²) in [7, 11) is 0. The van der Waals surface area contributed by atoms with Crippen LogP contribution in [-0.4, -0.2) is 14.8 Å². The Morgan fingerprint density at radius 2 is 1.97 bits per heavy atom. The number of benzene rings is 1. The molecule has 4 aromatic rings. The molecule has 1 aliphatic rings. The van der Waals surface area contributed by atoms with Crippen molar-refractivity contribution < 1.29 is 0 Å². The topological polar surface area (TPSA) is 54.5 Å². The highest BCUT2D eigenvalue weighted by Crippen LogP contribution is 2.33. The molecule has 6 heteroatoms. The second-order valence-corrected chi connectivity index (χ2v) is 8.99. The SMILES string of the molecule is N#C/C(=C\c1cn(-c2ccccc2)nc1-c1cccs1)c1nc2c(s1)CCCC2. The molecular formula is C23H18N4S2. The van der Waals surface area contributed by atoms with Gasteiger partial charge in [0.2, 0.25) is 0 Å². The van der Waals surface area contributed by atoms with Gasteiger partial charge in [-0.15, -0.1) is 22.7 Å². The van der Waals surface area contributed by atoms with Crippen LogP contribution in [-0.2, 0) is 12.8 Å². The molecule has 0 bridgehead atoms. The van der Waals surface area contributed by atoms with Crippen LogP contribution in [0.3, 0.4) is 0 Å². The van der Waals surface area contributed by atoms with E-state index in [1.807, 2.05) is 58.7 Å². The predicted octanol–water partition coefficient (Wildman–Crippen LogP) is 6.00. The van der Waals surface area contributed by atoms with Crippen LogP contribution in [0.25, 0.3) is 27.9 Å². The molecule has 0 atom stereocenters. The van der Waals surface area contributed by atoms with Crippen LogP contribution in [0.5, 0.6) is 0 Å². The third-order valence-corrected chi connectivity index (χ3v) is 7.08. The van der Waals surface area contributed by atoms with E-state index in [0.717, 1.165) is 39.7 Å². The second-order valence-electron chi connectivity index (χ2n) is 6.96. The van der Waals surface area contributed by atoms with Gasteiger partial charge in [0.05, 0.1) is 21.8 Å². The maximum atomic E-state index is 9.87. The smallest absolute Gasteiger partial charge is 0.134 e. The quantitative estimate of drug-likeness (QED) is 0.385. The Labute approximate surface area is 177 Å². The van der Waals surface area contributed by atoms with Crippen LogP contribution in [0, 0.1) is 11.3 Å². The fourth-order valence-corrected chi connectivity index (χ4v) is 5.42. The average Bonchev–Trinajstić information content (AvgIpc) is 3.51. The fourth-order valence-electron chi connectivity index (χ4n) is 3.58. The predicted molar refractivity (Wildman–Crippen MR) is 119 cm³/mol. The van der Waals surface area contributed by atoms with Crippen LogP contribution >= 0.6 is 22.7 Å². The molecule has 0 amide bonds. The molecule has 0 spiro atoms. The van der Waals surface area contributed by atoms with Crippen molar-refractivity contribution in [3.05, 3.63) is 75.2 Å². The molecule has 0 saturated carbocycles. The van der Waals surface area contributed by atoms with E-state index in [-0.39, 0.29) is 0 Å². The largest absolute Gasteiger partial charge is 0.240 e. The number of thiophene rings is 1. The van der Waals surface area contributed by atoms with Gasteiger partial charge in [-0.2, -0.15) is 10.4 Å². The molecule has 29 heavy (non-hydrogen) atoms. The zero-order valence-corrected chi connectivity index (χ0v) is 17.3. The fraction of sp³-hybridized carbons (Fsp3) is 0.174. The summed E-state index contributed by atoms with van der Waals surface area (Å²) in [6.45, 7) is 0. The van der Waals surface area contributed by atoms with Gasteiger partial charge >= 0.3 is 0 Å². The van der Waals surface area contributed by atoms with Crippen molar-refractivity contribution in [3.63, 3.8) is 0 Å². The van der Waals surface area contributed by atoms with E-state index < -0.39 is 0 Å². The highest BCUT2D eigenvalue weighted by molar-refractivity contribution is 7.13. The lowest BCUT2D eigenvalue weighted by Crippen LogP contribution is -1.99. The highest BCUT2D eigenvalue weighted by atomic mass is 32.1. The molecular weight excluding hydrogens is 396 g/mol. The molecule has 0 saturated heterocycles. The average molecular weight is 415 g/mol. The molecule has 4 nitrogen and oxygen atoms in total. The van der Waals surface area contributed by atoms with Crippen molar-refractivity contribution in [2.45, 2.75) is 25.7 Å². The third-order valence-electron chi connectivity index (χ3n) is 5.01. The minimum atomic E-state index is 0.606. The van der Waals surface area contributed by atoms with E-state index >= 15 is 0 Å². The van der Waals surface area contributed by atoms with E-state index in [0.29, 0.717) is 5.57 Å². The first-order valence-corrected chi connectivity index (χ1v) is 11.3. The Morgan fingerprint density at radius 3 is 2.72 bits per heavy atom. The number of nitrogens with zero attached hydrogens (tertiary/aromatic N) is 4. The van der Waals surface area contributed by atoms with E-state index in [9.17, 15) is 5.26 Å². The summed E-state index contributed by atoms with van der Waals surface area (Å²) in [5.74, 6) is 0. The number of aryl methyl sites for hydroxylation is 2. The Bertz CT molecular complexity index is 1180. The number of para-hydroxylation sites is 1. The molecule has 0 unspecified atom stereocenters. The normalized spacial score (nSPS) is 13.8. The molecule has 1 aromatic carbocycles. The summed E-state index contributed by atoms with van der Waals surface area (Å²) in [4.78, 5) is 7.20. The van der Waals surface area contributed by atoms with Crippen LogP contribution in [0.15, 0.2) is 54.0 Å².